The first-order chi connectivity index (χ1) is 14.8. The first kappa shape index (κ1) is 20.6. The van der Waals surface area contributed by atoms with E-state index in [1.165, 1.54) is 18.4 Å². The maximum absolute atomic E-state index is 13.8. The predicted molar refractivity (Wildman–Crippen MR) is 117 cm³/mol. The van der Waals surface area contributed by atoms with Gasteiger partial charge in [-0.15, -0.1) is 0 Å². The molecule has 2 aliphatic rings. The Bertz CT molecular complexity index is 844. The number of methoxy groups -OCH3 is 1. The first-order valence-corrected chi connectivity index (χ1v) is 10.7. The summed E-state index contributed by atoms with van der Waals surface area (Å²) in [6.07, 6.45) is 5.89. The van der Waals surface area contributed by atoms with Gasteiger partial charge in [0.15, 0.2) is 6.10 Å². The van der Waals surface area contributed by atoms with Gasteiger partial charge in [0.05, 0.1) is 19.8 Å². The average molecular weight is 407 g/mol. The van der Waals surface area contributed by atoms with Gasteiger partial charge >= 0.3 is 0 Å². The minimum atomic E-state index is -0.620. The van der Waals surface area contributed by atoms with Crippen LogP contribution in [0.5, 0.6) is 5.75 Å². The number of rotatable bonds is 6. The summed E-state index contributed by atoms with van der Waals surface area (Å²) in [7, 11) is 1.64. The molecule has 0 radical (unpaired) electrons. The molecule has 1 fully saturated rings. The van der Waals surface area contributed by atoms with Gasteiger partial charge in [0.2, 0.25) is 0 Å². The van der Waals surface area contributed by atoms with E-state index in [-0.39, 0.29) is 11.9 Å². The van der Waals surface area contributed by atoms with Crippen molar-refractivity contribution < 1.29 is 14.3 Å². The number of likely N-dealkylation sites (tertiary alicyclic amines) is 1. The van der Waals surface area contributed by atoms with E-state index in [2.05, 4.69) is 17.0 Å². The second kappa shape index (κ2) is 9.92. The minimum Gasteiger partial charge on any atom is -0.497 e. The van der Waals surface area contributed by atoms with Crippen molar-refractivity contribution in [1.82, 2.24) is 9.80 Å². The maximum atomic E-state index is 13.8. The highest BCUT2D eigenvalue weighted by Gasteiger charge is 2.33. The Hall–Kier alpha value is -2.63. The van der Waals surface area contributed by atoms with Crippen LogP contribution in [0.4, 0.5) is 0 Å². The monoisotopic (exact) mass is 406 g/mol. The van der Waals surface area contributed by atoms with Crippen LogP contribution < -0.4 is 4.74 Å². The zero-order chi connectivity index (χ0) is 20.8. The van der Waals surface area contributed by atoms with Crippen LogP contribution in [0.15, 0.2) is 66.7 Å². The summed E-state index contributed by atoms with van der Waals surface area (Å²) >= 11 is 0. The quantitative estimate of drug-likeness (QED) is 0.681. The van der Waals surface area contributed by atoms with Crippen LogP contribution >= 0.6 is 0 Å². The van der Waals surface area contributed by atoms with Crippen molar-refractivity contribution in [1.29, 1.82) is 0 Å². The fourth-order valence-electron chi connectivity index (χ4n) is 4.29. The Labute approximate surface area is 178 Å². The second-order valence-corrected chi connectivity index (χ2v) is 7.88. The average Bonchev–Trinajstić information content (AvgIpc) is 3.30. The highest BCUT2D eigenvalue weighted by atomic mass is 16.5. The Morgan fingerprint density at radius 3 is 2.47 bits per heavy atom. The third-order valence-corrected chi connectivity index (χ3v) is 5.94. The summed E-state index contributed by atoms with van der Waals surface area (Å²) in [5, 5.41) is 0. The molecule has 1 amide bonds. The Morgan fingerprint density at radius 1 is 1.03 bits per heavy atom. The molecule has 1 saturated heterocycles. The van der Waals surface area contributed by atoms with E-state index in [0.717, 1.165) is 30.9 Å². The van der Waals surface area contributed by atoms with Gasteiger partial charge in [-0.05, 0) is 49.2 Å². The van der Waals surface area contributed by atoms with Gasteiger partial charge in [-0.3, -0.25) is 4.79 Å². The van der Waals surface area contributed by atoms with Crippen LogP contribution in [-0.2, 0) is 9.53 Å². The smallest absolute Gasteiger partial charge is 0.257 e. The molecule has 2 aromatic carbocycles. The number of carbonyl (C=O) groups is 1. The molecule has 0 N–H and O–H groups in total. The zero-order valence-corrected chi connectivity index (χ0v) is 17.6. The SMILES string of the molecule is COc1ccc(C2OCC=CCN([C@H](CN3CCCC3)c3ccccc3)C2=O)cc1. The summed E-state index contributed by atoms with van der Waals surface area (Å²) in [4.78, 5) is 18.2. The molecular weight excluding hydrogens is 376 g/mol. The molecule has 2 heterocycles. The normalized spacial score (nSPS) is 21.3. The fourth-order valence-corrected chi connectivity index (χ4v) is 4.29. The van der Waals surface area contributed by atoms with Crippen molar-refractivity contribution in [2.45, 2.75) is 25.0 Å². The Kier molecular flexibility index (Phi) is 6.82. The molecule has 1 unspecified atom stereocenters. The first-order valence-electron chi connectivity index (χ1n) is 10.7. The Balaban J connectivity index is 1.65. The lowest BCUT2D eigenvalue weighted by atomic mass is 10.0. The number of carbonyl (C=O) groups excluding carboxylic acids is 1. The van der Waals surface area contributed by atoms with Crippen LogP contribution in [0, 0.1) is 0 Å². The molecular formula is C25H30N2O3. The molecule has 0 bridgehead atoms. The standard InChI is InChI=1S/C25H30N2O3/c1-29-22-13-11-21(12-14-22)24-25(28)27(17-7-8-18-30-24)23(19-26-15-5-6-16-26)20-9-3-2-4-10-20/h2-4,7-14,23-24H,5-6,15-19H2,1H3/t23-,24?/m1/s1. The van der Waals surface area contributed by atoms with Gasteiger partial charge in [-0.2, -0.15) is 0 Å². The lowest BCUT2D eigenvalue weighted by Crippen LogP contribution is -2.44. The molecule has 158 valence electrons. The molecule has 0 aromatic heterocycles. The molecule has 0 aliphatic carbocycles. The molecule has 5 heteroatoms. The molecule has 2 aromatic rings. The van der Waals surface area contributed by atoms with Crippen molar-refractivity contribution in [2.75, 3.05) is 39.9 Å². The fraction of sp³-hybridized carbons (Fsp3) is 0.400. The van der Waals surface area contributed by atoms with E-state index >= 15 is 0 Å². The lowest BCUT2D eigenvalue weighted by molar-refractivity contribution is -0.146. The third kappa shape index (κ3) is 4.74. The molecule has 4 rings (SSSR count). The molecule has 0 saturated carbocycles. The van der Waals surface area contributed by atoms with E-state index in [1.807, 2.05) is 59.5 Å². The van der Waals surface area contributed by atoms with Crippen LogP contribution in [0.1, 0.15) is 36.1 Å². The number of hydrogen-bond donors (Lipinski definition) is 0. The summed E-state index contributed by atoms with van der Waals surface area (Å²) in [5.74, 6) is 0.780. The number of ether oxygens (including phenoxy) is 2. The molecule has 5 nitrogen and oxygen atoms in total. The topological polar surface area (TPSA) is 42.0 Å². The van der Waals surface area contributed by atoms with E-state index in [1.54, 1.807) is 7.11 Å². The van der Waals surface area contributed by atoms with Crippen LogP contribution in [-0.4, -0.2) is 55.6 Å². The van der Waals surface area contributed by atoms with Crippen molar-refractivity contribution >= 4 is 5.91 Å². The highest BCUT2D eigenvalue weighted by Crippen LogP contribution is 2.30. The molecule has 30 heavy (non-hydrogen) atoms. The van der Waals surface area contributed by atoms with Gasteiger partial charge < -0.3 is 19.3 Å². The van der Waals surface area contributed by atoms with E-state index in [0.29, 0.717) is 13.2 Å². The highest BCUT2D eigenvalue weighted by molar-refractivity contribution is 5.83. The largest absolute Gasteiger partial charge is 0.497 e. The van der Waals surface area contributed by atoms with Gasteiger partial charge in [-0.1, -0.05) is 54.6 Å². The predicted octanol–water partition coefficient (Wildman–Crippen LogP) is 3.99. The summed E-state index contributed by atoms with van der Waals surface area (Å²) in [5.41, 5.74) is 2.02. The summed E-state index contributed by atoms with van der Waals surface area (Å²) in [6, 6.07) is 18.0. The minimum absolute atomic E-state index is 0.0103. The lowest BCUT2D eigenvalue weighted by Gasteiger charge is -2.37. The second-order valence-electron chi connectivity index (χ2n) is 7.88. The third-order valence-electron chi connectivity index (χ3n) is 5.94. The number of nitrogens with zero attached hydrogens (tertiary/aromatic N) is 2. The van der Waals surface area contributed by atoms with Crippen molar-refractivity contribution in [3.63, 3.8) is 0 Å². The molecule has 0 spiro atoms. The van der Waals surface area contributed by atoms with Crippen molar-refractivity contribution in [3.05, 3.63) is 77.9 Å². The number of amides is 1. The Morgan fingerprint density at radius 2 is 1.77 bits per heavy atom. The zero-order valence-electron chi connectivity index (χ0n) is 17.6. The van der Waals surface area contributed by atoms with Crippen LogP contribution in [0.25, 0.3) is 0 Å². The number of hydrogen-bond acceptors (Lipinski definition) is 4. The van der Waals surface area contributed by atoms with Gasteiger partial charge in [0.1, 0.15) is 5.75 Å². The van der Waals surface area contributed by atoms with E-state index < -0.39 is 6.10 Å². The molecule has 2 atom stereocenters. The maximum Gasteiger partial charge on any atom is 0.257 e. The van der Waals surface area contributed by atoms with Gasteiger partial charge in [0.25, 0.3) is 5.91 Å². The van der Waals surface area contributed by atoms with Gasteiger partial charge in [-0.25, -0.2) is 0 Å². The van der Waals surface area contributed by atoms with Gasteiger partial charge in [0, 0.05) is 13.1 Å². The van der Waals surface area contributed by atoms with Crippen LogP contribution in [0.2, 0.25) is 0 Å². The summed E-state index contributed by atoms with van der Waals surface area (Å²) in [6.45, 7) is 4.05. The number of benzene rings is 2. The van der Waals surface area contributed by atoms with Crippen LogP contribution in [0.3, 0.4) is 0 Å². The summed E-state index contributed by atoms with van der Waals surface area (Å²) < 4.78 is 11.3. The van der Waals surface area contributed by atoms with E-state index in [9.17, 15) is 4.79 Å². The van der Waals surface area contributed by atoms with Crippen molar-refractivity contribution in [2.24, 2.45) is 0 Å². The van der Waals surface area contributed by atoms with E-state index in [4.69, 9.17) is 9.47 Å². The molecule has 2 aliphatic heterocycles. The van der Waals surface area contributed by atoms with Crippen molar-refractivity contribution in [3.8, 4) is 5.75 Å².